The third kappa shape index (κ3) is 3.98. The van der Waals surface area contributed by atoms with E-state index >= 15 is 0 Å². The van der Waals surface area contributed by atoms with Crippen molar-refractivity contribution in [2.24, 2.45) is 5.73 Å². The van der Waals surface area contributed by atoms with Crippen LogP contribution in [-0.2, 0) is 0 Å². The molecule has 0 aromatic heterocycles. The maximum absolute atomic E-state index is 5.36. The van der Waals surface area contributed by atoms with E-state index in [2.05, 4.69) is 12.2 Å². The predicted molar refractivity (Wildman–Crippen MR) is 42.2 cm³/mol. The molecule has 0 aromatic rings. The topological polar surface area (TPSA) is 26.0 Å². The molecule has 0 aromatic carbocycles. The Balaban J connectivity index is 3.70. The van der Waals surface area contributed by atoms with Crippen LogP contribution in [0.5, 0.6) is 0 Å². The Labute approximate surface area is 57.3 Å². The highest BCUT2D eigenvalue weighted by atomic mass is 14.5. The zero-order valence-corrected chi connectivity index (χ0v) is 6.22. The maximum Gasteiger partial charge on any atom is -0.00368 e. The number of hydrogen-bond donors (Lipinski definition) is 1. The summed E-state index contributed by atoms with van der Waals surface area (Å²) in [7, 11) is 0. The first-order chi connectivity index (χ1) is 4.35. The molecule has 1 nitrogen and oxygen atoms in total. The Morgan fingerprint density at radius 3 is 2.44 bits per heavy atom. The highest BCUT2D eigenvalue weighted by molar-refractivity contribution is 5.17. The van der Waals surface area contributed by atoms with Crippen molar-refractivity contribution >= 4 is 0 Å². The fraction of sp³-hybridized carbons (Fsp3) is 0.500. The van der Waals surface area contributed by atoms with Crippen LogP contribution in [-0.4, -0.2) is 6.54 Å². The zero-order valence-electron chi connectivity index (χ0n) is 6.22. The van der Waals surface area contributed by atoms with Gasteiger partial charge in [-0.25, -0.2) is 0 Å². The molecular formula is C8H15N. The van der Waals surface area contributed by atoms with Crippen LogP contribution in [0, 0.1) is 0 Å². The van der Waals surface area contributed by atoms with Crippen LogP contribution in [0.15, 0.2) is 23.8 Å². The second kappa shape index (κ2) is 5.57. The molecule has 0 unspecified atom stereocenters. The van der Waals surface area contributed by atoms with Gasteiger partial charge in [0.05, 0.1) is 0 Å². The van der Waals surface area contributed by atoms with Crippen molar-refractivity contribution in [2.75, 3.05) is 6.54 Å². The summed E-state index contributed by atoms with van der Waals surface area (Å²) in [6.07, 6.45) is 7.20. The Kier molecular flexibility index (Phi) is 5.23. The summed E-state index contributed by atoms with van der Waals surface area (Å²) in [5.74, 6) is 0. The van der Waals surface area contributed by atoms with Crippen molar-refractivity contribution < 1.29 is 0 Å². The van der Waals surface area contributed by atoms with Crippen LogP contribution in [0.25, 0.3) is 0 Å². The summed E-state index contributed by atoms with van der Waals surface area (Å²) < 4.78 is 0. The van der Waals surface area contributed by atoms with Crippen LogP contribution in [0.3, 0.4) is 0 Å². The Bertz CT molecular complexity index is 112. The van der Waals surface area contributed by atoms with Crippen LogP contribution in [0.4, 0.5) is 0 Å². The number of allylic oxidation sites excluding steroid dienone is 3. The molecule has 0 aliphatic rings. The molecule has 0 spiro atoms. The Hall–Kier alpha value is -0.560. The lowest BCUT2D eigenvalue weighted by atomic mass is 10.2. The quantitative estimate of drug-likeness (QED) is 0.572. The van der Waals surface area contributed by atoms with Gasteiger partial charge in [-0.3, -0.25) is 0 Å². The first-order valence-electron chi connectivity index (χ1n) is 3.33. The van der Waals surface area contributed by atoms with Crippen molar-refractivity contribution in [1.82, 2.24) is 0 Å². The monoisotopic (exact) mass is 125 g/mol. The van der Waals surface area contributed by atoms with E-state index in [1.54, 1.807) is 0 Å². The second-order valence-electron chi connectivity index (χ2n) is 1.90. The van der Waals surface area contributed by atoms with E-state index in [-0.39, 0.29) is 0 Å². The van der Waals surface area contributed by atoms with E-state index in [4.69, 9.17) is 5.73 Å². The van der Waals surface area contributed by atoms with Gasteiger partial charge in [0, 0.05) is 0 Å². The molecule has 0 radical (unpaired) electrons. The average Bonchev–Trinajstić information content (AvgIpc) is 1.88. The first kappa shape index (κ1) is 8.44. The number of nitrogens with two attached hydrogens (primary N) is 1. The maximum atomic E-state index is 5.36. The van der Waals surface area contributed by atoms with Crippen molar-refractivity contribution in [3.05, 3.63) is 23.8 Å². The van der Waals surface area contributed by atoms with E-state index < -0.39 is 0 Å². The van der Waals surface area contributed by atoms with E-state index in [1.165, 1.54) is 5.57 Å². The summed E-state index contributed by atoms with van der Waals surface area (Å²) in [5, 5.41) is 0. The normalized spacial score (nSPS) is 13.0. The summed E-state index contributed by atoms with van der Waals surface area (Å²) >= 11 is 0. The second-order valence-corrected chi connectivity index (χ2v) is 1.90. The largest absolute Gasteiger partial charge is 0.330 e. The number of hydrogen-bond acceptors (Lipinski definition) is 1. The standard InChI is InChI=1S/C8H15N/c1-3-5-8(4-2)6-7-9/h3-5H,6-7,9H2,1-2H3/b5-3+,8-4+. The Morgan fingerprint density at radius 2 is 2.11 bits per heavy atom. The molecule has 0 aliphatic heterocycles. The molecule has 0 amide bonds. The van der Waals surface area contributed by atoms with Gasteiger partial charge in [0.2, 0.25) is 0 Å². The van der Waals surface area contributed by atoms with Crippen molar-refractivity contribution in [3.63, 3.8) is 0 Å². The SMILES string of the molecule is C/C=C(\C=C\C)CCN. The number of rotatable bonds is 3. The molecule has 0 atom stereocenters. The van der Waals surface area contributed by atoms with Gasteiger partial charge in [-0.2, -0.15) is 0 Å². The van der Waals surface area contributed by atoms with E-state index in [0.717, 1.165) is 13.0 Å². The molecule has 0 rings (SSSR count). The lowest BCUT2D eigenvalue weighted by Gasteiger charge is -1.94. The van der Waals surface area contributed by atoms with E-state index in [1.807, 2.05) is 19.9 Å². The van der Waals surface area contributed by atoms with E-state index in [0.29, 0.717) is 0 Å². The van der Waals surface area contributed by atoms with Gasteiger partial charge in [-0.15, -0.1) is 0 Å². The molecule has 1 heteroatoms. The summed E-state index contributed by atoms with van der Waals surface area (Å²) in [6.45, 7) is 4.79. The van der Waals surface area contributed by atoms with Gasteiger partial charge < -0.3 is 5.73 Å². The van der Waals surface area contributed by atoms with Crippen LogP contribution in [0.2, 0.25) is 0 Å². The molecule has 9 heavy (non-hydrogen) atoms. The highest BCUT2D eigenvalue weighted by Gasteiger charge is 1.84. The zero-order chi connectivity index (χ0) is 7.11. The lowest BCUT2D eigenvalue weighted by molar-refractivity contribution is 0.970. The highest BCUT2D eigenvalue weighted by Crippen LogP contribution is 2.00. The molecule has 0 fully saturated rings. The van der Waals surface area contributed by atoms with Crippen LogP contribution in [0.1, 0.15) is 20.3 Å². The van der Waals surface area contributed by atoms with Gasteiger partial charge in [-0.05, 0) is 26.8 Å². The van der Waals surface area contributed by atoms with E-state index in [9.17, 15) is 0 Å². The molecular weight excluding hydrogens is 110 g/mol. The van der Waals surface area contributed by atoms with Gasteiger partial charge in [0.1, 0.15) is 0 Å². The smallest absolute Gasteiger partial charge is 0.00368 e. The minimum atomic E-state index is 0.740. The minimum absolute atomic E-state index is 0.740. The predicted octanol–water partition coefficient (Wildman–Crippen LogP) is 1.86. The average molecular weight is 125 g/mol. The molecule has 52 valence electrons. The summed E-state index contributed by atoms with van der Waals surface area (Å²) in [6, 6.07) is 0. The fourth-order valence-corrected chi connectivity index (χ4v) is 0.705. The van der Waals surface area contributed by atoms with Crippen molar-refractivity contribution in [1.29, 1.82) is 0 Å². The molecule has 0 saturated carbocycles. The lowest BCUT2D eigenvalue weighted by Crippen LogP contribution is -1.98. The molecule has 0 bridgehead atoms. The van der Waals surface area contributed by atoms with Crippen LogP contribution < -0.4 is 5.73 Å². The molecule has 0 saturated heterocycles. The molecule has 0 heterocycles. The molecule has 2 N–H and O–H groups in total. The Morgan fingerprint density at radius 1 is 1.44 bits per heavy atom. The minimum Gasteiger partial charge on any atom is -0.330 e. The van der Waals surface area contributed by atoms with Gasteiger partial charge in [-0.1, -0.05) is 23.8 Å². The van der Waals surface area contributed by atoms with Crippen molar-refractivity contribution in [3.8, 4) is 0 Å². The summed E-state index contributed by atoms with van der Waals surface area (Å²) in [4.78, 5) is 0. The van der Waals surface area contributed by atoms with Gasteiger partial charge in [0.25, 0.3) is 0 Å². The third-order valence-electron chi connectivity index (χ3n) is 1.18. The van der Waals surface area contributed by atoms with Crippen LogP contribution >= 0.6 is 0 Å². The van der Waals surface area contributed by atoms with Crippen molar-refractivity contribution in [2.45, 2.75) is 20.3 Å². The van der Waals surface area contributed by atoms with Gasteiger partial charge in [0.15, 0.2) is 0 Å². The summed E-state index contributed by atoms with van der Waals surface area (Å²) in [5.41, 5.74) is 6.68. The fourth-order valence-electron chi connectivity index (χ4n) is 0.705. The third-order valence-corrected chi connectivity index (χ3v) is 1.18. The molecule has 0 aliphatic carbocycles. The first-order valence-corrected chi connectivity index (χ1v) is 3.33. The van der Waals surface area contributed by atoms with Gasteiger partial charge >= 0.3 is 0 Å².